The lowest BCUT2D eigenvalue weighted by atomic mass is 10.1. The molecule has 0 spiro atoms. The minimum absolute atomic E-state index is 0.235. The number of hydrogen-bond donors (Lipinski definition) is 1. The smallest absolute Gasteiger partial charge is 0.335 e. The van der Waals surface area contributed by atoms with Crippen LogP contribution in [0.25, 0.3) is 10.9 Å². The van der Waals surface area contributed by atoms with Gasteiger partial charge in [-0.05, 0) is 18.2 Å². The van der Waals surface area contributed by atoms with Crippen molar-refractivity contribution in [3.05, 3.63) is 35.9 Å². The van der Waals surface area contributed by atoms with Crippen LogP contribution in [0, 0.1) is 0 Å². The molecule has 0 aliphatic heterocycles. The molecule has 0 radical (unpaired) electrons. The molecule has 106 valence electrons. The lowest BCUT2D eigenvalue weighted by Gasteiger charge is -2.12. The Labute approximate surface area is 120 Å². The maximum atomic E-state index is 11.0. The molecule has 2 aromatic rings. The molecule has 1 aromatic carbocycles. The molecule has 5 nitrogen and oxygen atoms in total. The molecule has 1 heterocycles. The number of thioether (sulfide) groups is 1. The van der Waals surface area contributed by atoms with Gasteiger partial charge < -0.3 is 14.6 Å². The van der Waals surface area contributed by atoms with E-state index >= 15 is 0 Å². The first kappa shape index (κ1) is 14.8. The monoisotopic (exact) mass is 293 g/mol. The second-order valence-corrected chi connectivity index (χ2v) is 5.11. The van der Waals surface area contributed by atoms with Crippen LogP contribution in [-0.2, 0) is 9.47 Å². The highest BCUT2D eigenvalue weighted by atomic mass is 32.2. The summed E-state index contributed by atoms with van der Waals surface area (Å²) < 4.78 is 10.2. The molecule has 0 aliphatic rings. The molecule has 1 N–H and O–H groups in total. The first-order valence-electron chi connectivity index (χ1n) is 5.96. The predicted octanol–water partition coefficient (Wildman–Crippen LogP) is 2.64. The fourth-order valence-corrected chi connectivity index (χ4v) is 2.60. The van der Waals surface area contributed by atoms with E-state index in [4.69, 9.17) is 14.6 Å². The minimum atomic E-state index is -0.953. The van der Waals surface area contributed by atoms with Gasteiger partial charge in [0.1, 0.15) is 0 Å². The fourth-order valence-electron chi connectivity index (χ4n) is 1.70. The molecule has 6 heteroatoms. The van der Waals surface area contributed by atoms with E-state index in [2.05, 4.69) is 4.98 Å². The highest BCUT2D eigenvalue weighted by molar-refractivity contribution is 7.99. The SMILES string of the molecule is COC(CSc1ccc2ccc(C(=O)O)cc2n1)OC. The first-order valence-corrected chi connectivity index (χ1v) is 6.95. The second-order valence-electron chi connectivity index (χ2n) is 4.07. The van der Waals surface area contributed by atoms with E-state index in [9.17, 15) is 4.79 Å². The topological polar surface area (TPSA) is 68.7 Å². The molecule has 1 aromatic heterocycles. The van der Waals surface area contributed by atoms with Gasteiger partial charge in [0, 0.05) is 19.6 Å². The number of aromatic carboxylic acids is 1. The van der Waals surface area contributed by atoms with Crippen molar-refractivity contribution in [2.24, 2.45) is 0 Å². The van der Waals surface area contributed by atoms with E-state index in [0.717, 1.165) is 10.4 Å². The van der Waals surface area contributed by atoms with Crippen LogP contribution < -0.4 is 0 Å². The number of nitrogens with zero attached hydrogens (tertiary/aromatic N) is 1. The van der Waals surface area contributed by atoms with Gasteiger partial charge in [0.2, 0.25) is 0 Å². The molecular formula is C14H15NO4S. The summed E-state index contributed by atoms with van der Waals surface area (Å²) in [6.45, 7) is 0. The van der Waals surface area contributed by atoms with Crippen LogP contribution in [0.3, 0.4) is 0 Å². The Balaban J connectivity index is 2.21. The van der Waals surface area contributed by atoms with Gasteiger partial charge in [-0.15, -0.1) is 11.8 Å². The Morgan fingerprint density at radius 3 is 2.65 bits per heavy atom. The number of hydrogen-bond acceptors (Lipinski definition) is 5. The van der Waals surface area contributed by atoms with E-state index in [1.807, 2.05) is 12.1 Å². The molecule has 0 saturated carbocycles. The molecule has 2 rings (SSSR count). The number of rotatable bonds is 6. The Bertz CT molecular complexity index is 613. The van der Waals surface area contributed by atoms with Gasteiger partial charge in [0.15, 0.2) is 6.29 Å². The summed E-state index contributed by atoms with van der Waals surface area (Å²) in [7, 11) is 3.17. The zero-order chi connectivity index (χ0) is 14.5. The van der Waals surface area contributed by atoms with Crippen molar-refractivity contribution in [2.45, 2.75) is 11.3 Å². The minimum Gasteiger partial charge on any atom is -0.478 e. The number of carboxylic acid groups (broad SMARTS) is 1. The molecule has 0 saturated heterocycles. The highest BCUT2D eigenvalue weighted by Gasteiger charge is 2.08. The normalized spacial score (nSPS) is 11.2. The summed E-state index contributed by atoms with van der Waals surface area (Å²) in [4.78, 5) is 15.4. The van der Waals surface area contributed by atoms with Gasteiger partial charge in [-0.1, -0.05) is 12.1 Å². The number of fused-ring (bicyclic) bond motifs is 1. The number of carbonyl (C=O) groups is 1. The maximum absolute atomic E-state index is 11.0. The van der Waals surface area contributed by atoms with Crippen LogP contribution in [0.1, 0.15) is 10.4 Å². The Kier molecular flexibility index (Phi) is 4.94. The van der Waals surface area contributed by atoms with E-state index < -0.39 is 5.97 Å². The predicted molar refractivity (Wildman–Crippen MR) is 77.2 cm³/mol. The summed E-state index contributed by atoms with van der Waals surface area (Å²) >= 11 is 1.50. The van der Waals surface area contributed by atoms with Gasteiger partial charge in [-0.3, -0.25) is 0 Å². The fraction of sp³-hybridized carbons (Fsp3) is 0.286. The van der Waals surface area contributed by atoms with Gasteiger partial charge in [-0.25, -0.2) is 9.78 Å². The molecule has 0 atom stereocenters. The quantitative estimate of drug-likeness (QED) is 0.652. The molecule has 0 unspecified atom stereocenters. The lowest BCUT2D eigenvalue weighted by Crippen LogP contribution is -2.15. The second kappa shape index (κ2) is 6.69. The molecule has 0 bridgehead atoms. The molecule has 0 aliphatic carbocycles. The van der Waals surface area contributed by atoms with Crippen LogP contribution in [0.5, 0.6) is 0 Å². The number of methoxy groups -OCH3 is 2. The van der Waals surface area contributed by atoms with Gasteiger partial charge >= 0.3 is 5.97 Å². The van der Waals surface area contributed by atoms with Crippen LogP contribution in [0.4, 0.5) is 0 Å². The van der Waals surface area contributed by atoms with Crippen molar-refractivity contribution >= 4 is 28.6 Å². The third-order valence-corrected chi connectivity index (χ3v) is 3.77. The number of pyridine rings is 1. The maximum Gasteiger partial charge on any atom is 0.335 e. The van der Waals surface area contributed by atoms with Gasteiger partial charge in [0.05, 0.1) is 21.9 Å². The Morgan fingerprint density at radius 1 is 1.30 bits per heavy atom. The zero-order valence-corrected chi connectivity index (χ0v) is 12.0. The molecule has 0 amide bonds. The molecular weight excluding hydrogens is 278 g/mol. The highest BCUT2D eigenvalue weighted by Crippen LogP contribution is 2.22. The standard InChI is InChI=1S/C14H15NO4S/c1-18-13(19-2)8-20-12-6-5-9-3-4-10(14(16)17)7-11(9)15-12/h3-7,13H,8H2,1-2H3,(H,16,17). The van der Waals surface area contributed by atoms with Gasteiger partial charge in [-0.2, -0.15) is 0 Å². The Morgan fingerprint density at radius 2 is 2.00 bits per heavy atom. The van der Waals surface area contributed by atoms with Crippen LogP contribution in [0.15, 0.2) is 35.4 Å². The van der Waals surface area contributed by atoms with Crippen molar-refractivity contribution in [1.82, 2.24) is 4.98 Å². The van der Waals surface area contributed by atoms with Crippen molar-refractivity contribution in [1.29, 1.82) is 0 Å². The number of carboxylic acids is 1. The summed E-state index contributed by atoms with van der Waals surface area (Å²) in [6, 6.07) is 8.73. The lowest BCUT2D eigenvalue weighted by molar-refractivity contribution is -0.0842. The average molecular weight is 293 g/mol. The van der Waals surface area contributed by atoms with Crippen molar-refractivity contribution in [3.63, 3.8) is 0 Å². The van der Waals surface area contributed by atoms with E-state index in [-0.39, 0.29) is 11.9 Å². The number of aromatic nitrogens is 1. The zero-order valence-electron chi connectivity index (χ0n) is 11.2. The van der Waals surface area contributed by atoms with E-state index in [1.54, 1.807) is 32.4 Å². The third-order valence-electron chi connectivity index (χ3n) is 2.81. The van der Waals surface area contributed by atoms with Crippen molar-refractivity contribution in [3.8, 4) is 0 Å². The molecule has 0 fully saturated rings. The first-order chi connectivity index (χ1) is 9.63. The van der Waals surface area contributed by atoms with Crippen molar-refractivity contribution in [2.75, 3.05) is 20.0 Å². The number of ether oxygens (including phenoxy) is 2. The summed E-state index contributed by atoms with van der Waals surface area (Å²) in [5.74, 6) is -0.338. The largest absolute Gasteiger partial charge is 0.478 e. The summed E-state index contributed by atoms with van der Waals surface area (Å²) in [5.41, 5.74) is 0.903. The van der Waals surface area contributed by atoms with Crippen molar-refractivity contribution < 1.29 is 19.4 Å². The summed E-state index contributed by atoms with van der Waals surface area (Å²) in [5, 5.41) is 10.7. The van der Waals surface area contributed by atoms with Gasteiger partial charge in [0.25, 0.3) is 0 Å². The van der Waals surface area contributed by atoms with Crippen LogP contribution in [-0.4, -0.2) is 42.3 Å². The summed E-state index contributed by atoms with van der Waals surface area (Å²) in [6.07, 6.45) is -0.289. The van der Waals surface area contributed by atoms with E-state index in [1.165, 1.54) is 11.8 Å². The number of benzene rings is 1. The van der Waals surface area contributed by atoms with Crippen LogP contribution in [0.2, 0.25) is 0 Å². The third kappa shape index (κ3) is 3.47. The van der Waals surface area contributed by atoms with E-state index in [0.29, 0.717) is 11.3 Å². The Hall–Kier alpha value is -1.63. The van der Waals surface area contributed by atoms with Crippen LogP contribution >= 0.6 is 11.8 Å². The average Bonchev–Trinajstić information content (AvgIpc) is 2.47. The molecule has 20 heavy (non-hydrogen) atoms.